The smallest absolute Gasteiger partial charge is 0.170 e. The van der Waals surface area contributed by atoms with Crippen LogP contribution in [0.1, 0.15) is 5.82 Å². The summed E-state index contributed by atoms with van der Waals surface area (Å²) in [7, 11) is 3.36. The lowest BCUT2D eigenvalue weighted by atomic mass is 10.0. The standard InChI is InChI=1S/C18H16FN7O/c1-26-16(23-24-25-26)9-20-18-14-7-12(11-3-5-13(19)6-4-11)8-15(27-2)17(14)21-10-22-18/h3-8,10H,9H2,1-2H3,(H,20,21,22). The number of hydrogen-bond donors (Lipinski definition) is 1. The molecule has 0 amide bonds. The Morgan fingerprint density at radius 2 is 1.93 bits per heavy atom. The number of nitrogens with zero attached hydrogens (tertiary/aromatic N) is 6. The molecule has 0 aliphatic carbocycles. The van der Waals surface area contributed by atoms with Gasteiger partial charge in [0.25, 0.3) is 0 Å². The van der Waals surface area contributed by atoms with Gasteiger partial charge in [0.1, 0.15) is 29.2 Å². The highest BCUT2D eigenvalue weighted by Gasteiger charge is 2.13. The average Bonchev–Trinajstić information content (AvgIpc) is 3.10. The maximum absolute atomic E-state index is 13.3. The highest BCUT2D eigenvalue weighted by Crippen LogP contribution is 2.34. The summed E-state index contributed by atoms with van der Waals surface area (Å²) in [6.45, 7) is 0.401. The van der Waals surface area contributed by atoms with E-state index in [9.17, 15) is 4.39 Å². The molecule has 27 heavy (non-hydrogen) atoms. The fourth-order valence-electron chi connectivity index (χ4n) is 2.80. The van der Waals surface area contributed by atoms with Crippen molar-refractivity contribution < 1.29 is 9.13 Å². The molecular formula is C18H16FN7O. The lowest BCUT2D eigenvalue weighted by Crippen LogP contribution is -2.08. The van der Waals surface area contributed by atoms with Crippen LogP contribution in [0, 0.1) is 5.82 Å². The molecule has 2 aromatic heterocycles. The van der Waals surface area contributed by atoms with Gasteiger partial charge in [-0.3, -0.25) is 0 Å². The Morgan fingerprint density at radius 3 is 2.63 bits per heavy atom. The van der Waals surface area contributed by atoms with Crippen molar-refractivity contribution in [3.05, 3.63) is 54.4 Å². The number of aromatic nitrogens is 6. The van der Waals surface area contributed by atoms with Gasteiger partial charge in [0.15, 0.2) is 5.82 Å². The molecule has 0 radical (unpaired) electrons. The van der Waals surface area contributed by atoms with Gasteiger partial charge in [0.05, 0.1) is 13.7 Å². The maximum atomic E-state index is 13.3. The molecule has 0 atom stereocenters. The van der Waals surface area contributed by atoms with E-state index in [1.807, 2.05) is 12.1 Å². The number of nitrogens with one attached hydrogen (secondary N) is 1. The number of hydrogen-bond acceptors (Lipinski definition) is 7. The Kier molecular flexibility index (Phi) is 4.33. The molecule has 0 aliphatic heterocycles. The third-order valence-electron chi connectivity index (χ3n) is 4.22. The van der Waals surface area contributed by atoms with Crippen molar-refractivity contribution >= 4 is 16.7 Å². The predicted molar refractivity (Wildman–Crippen MR) is 97.6 cm³/mol. The minimum absolute atomic E-state index is 0.283. The topological polar surface area (TPSA) is 90.6 Å². The Balaban J connectivity index is 1.78. The van der Waals surface area contributed by atoms with Crippen LogP contribution in [0.25, 0.3) is 22.0 Å². The maximum Gasteiger partial charge on any atom is 0.170 e. The van der Waals surface area contributed by atoms with Crippen LogP contribution in [0.5, 0.6) is 5.75 Å². The van der Waals surface area contributed by atoms with Crippen molar-refractivity contribution in [1.29, 1.82) is 0 Å². The van der Waals surface area contributed by atoms with Gasteiger partial charge < -0.3 is 10.1 Å². The first-order valence-electron chi connectivity index (χ1n) is 8.19. The fraction of sp³-hybridized carbons (Fsp3) is 0.167. The summed E-state index contributed by atoms with van der Waals surface area (Å²) in [6, 6.07) is 10.1. The van der Waals surface area contributed by atoms with Gasteiger partial charge in [0.2, 0.25) is 0 Å². The first-order chi connectivity index (χ1) is 13.2. The zero-order chi connectivity index (χ0) is 18.8. The van der Waals surface area contributed by atoms with Crippen molar-refractivity contribution in [2.24, 2.45) is 7.05 Å². The largest absolute Gasteiger partial charge is 0.494 e. The molecule has 0 aliphatic rings. The Hall–Kier alpha value is -3.62. The summed E-state index contributed by atoms with van der Waals surface area (Å²) >= 11 is 0. The van der Waals surface area contributed by atoms with Crippen molar-refractivity contribution in [2.45, 2.75) is 6.54 Å². The molecule has 1 N–H and O–H groups in total. The molecule has 2 aromatic carbocycles. The first-order valence-corrected chi connectivity index (χ1v) is 8.19. The molecule has 4 rings (SSSR count). The number of anilines is 1. The molecule has 9 heteroatoms. The second-order valence-corrected chi connectivity index (χ2v) is 5.88. The number of ether oxygens (including phenoxy) is 1. The second-order valence-electron chi connectivity index (χ2n) is 5.88. The summed E-state index contributed by atoms with van der Waals surface area (Å²) in [5.41, 5.74) is 2.42. The average molecular weight is 365 g/mol. The molecule has 0 fully saturated rings. The summed E-state index contributed by atoms with van der Waals surface area (Å²) in [4.78, 5) is 8.69. The summed E-state index contributed by atoms with van der Waals surface area (Å²) < 4.78 is 20.4. The zero-order valence-corrected chi connectivity index (χ0v) is 14.7. The highest BCUT2D eigenvalue weighted by molar-refractivity contribution is 5.96. The summed E-state index contributed by atoms with van der Waals surface area (Å²) in [6.07, 6.45) is 1.47. The molecule has 0 saturated heterocycles. The van der Waals surface area contributed by atoms with E-state index in [-0.39, 0.29) is 5.82 Å². The van der Waals surface area contributed by atoms with Gasteiger partial charge >= 0.3 is 0 Å². The molecule has 4 aromatic rings. The number of methoxy groups -OCH3 is 1. The van der Waals surface area contributed by atoms with E-state index in [1.165, 1.54) is 18.5 Å². The van der Waals surface area contributed by atoms with Crippen LogP contribution in [0.4, 0.5) is 10.2 Å². The molecule has 0 unspecified atom stereocenters. The van der Waals surface area contributed by atoms with Crippen LogP contribution in [0.3, 0.4) is 0 Å². The van der Waals surface area contributed by atoms with Crippen LogP contribution in [-0.2, 0) is 13.6 Å². The van der Waals surface area contributed by atoms with Gasteiger partial charge in [-0.1, -0.05) is 12.1 Å². The van der Waals surface area contributed by atoms with Crippen LogP contribution in [0.15, 0.2) is 42.7 Å². The van der Waals surface area contributed by atoms with E-state index in [1.54, 1.807) is 31.0 Å². The lowest BCUT2D eigenvalue weighted by molar-refractivity contribution is 0.419. The van der Waals surface area contributed by atoms with Gasteiger partial charge in [-0.2, -0.15) is 0 Å². The summed E-state index contributed by atoms with van der Waals surface area (Å²) in [5.74, 6) is 1.63. The number of halogens is 1. The van der Waals surface area contributed by atoms with E-state index in [0.29, 0.717) is 29.5 Å². The Labute approximate surface area is 154 Å². The van der Waals surface area contributed by atoms with Crippen LogP contribution >= 0.6 is 0 Å². The number of fused-ring (bicyclic) bond motifs is 1. The molecule has 0 saturated carbocycles. The SMILES string of the molecule is COc1cc(-c2ccc(F)cc2)cc2c(NCc3nnnn3C)ncnc12. The van der Waals surface area contributed by atoms with Gasteiger partial charge in [0, 0.05) is 12.4 Å². The highest BCUT2D eigenvalue weighted by atomic mass is 19.1. The number of tetrazole rings is 1. The second kappa shape index (κ2) is 6.94. The summed E-state index contributed by atoms with van der Waals surface area (Å²) in [5, 5.41) is 15.4. The minimum atomic E-state index is -0.283. The van der Waals surface area contributed by atoms with Crippen LogP contribution < -0.4 is 10.1 Å². The van der Waals surface area contributed by atoms with E-state index in [0.717, 1.165) is 16.5 Å². The van der Waals surface area contributed by atoms with Gasteiger partial charge in [-0.05, 0) is 45.8 Å². The quantitative estimate of drug-likeness (QED) is 0.581. The van der Waals surface area contributed by atoms with E-state index >= 15 is 0 Å². The fourth-order valence-corrected chi connectivity index (χ4v) is 2.80. The van der Waals surface area contributed by atoms with E-state index < -0.39 is 0 Å². The molecular weight excluding hydrogens is 349 g/mol. The Bertz CT molecular complexity index is 1090. The van der Waals surface area contributed by atoms with Crippen LogP contribution in [-0.4, -0.2) is 37.3 Å². The third-order valence-corrected chi connectivity index (χ3v) is 4.22. The molecule has 136 valence electrons. The third kappa shape index (κ3) is 3.26. The van der Waals surface area contributed by atoms with Gasteiger partial charge in [-0.15, -0.1) is 5.10 Å². The molecule has 8 nitrogen and oxygen atoms in total. The van der Waals surface area contributed by atoms with Crippen molar-refractivity contribution in [2.75, 3.05) is 12.4 Å². The molecule has 0 spiro atoms. The Morgan fingerprint density at radius 1 is 1.11 bits per heavy atom. The monoisotopic (exact) mass is 365 g/mol. The number of benzene rings is 2. The zero-order valence-electron chi connectivity index (χ0n) is 14.7. The lowest BCUT2D eigenvalue weighted by Gasteiger charge is -2.12. The minimum Gasteiger partial charge on any atom is -0.494 e. The van der Waals surface area contributed by atoms with Crippen molar-refractivity contribution in [3.63, 3.8) is 0 Å². The van der Waals surface area contributed by atoms with Gasteiger partial charge in [-0.25, -0.2) is 19.0 Å². The van der Waals surface area contributed by atoms with E-state index in [2.05, 4.69) is 30.8 Å². The van der Waals surface area contributed by atoms with Crippen molar-refractivity contribution in [1.82, 2.24) is 30.2 Å². The number of aryl methyl sites for hydroxylation is 1. The van der Waals surface area contributed by atoms with E-state index in [4.69, 9.17) is 4.74 Å². The first kappa shape index (κ1) is 16.8. The normalized spacial score (nSPS) is 10.9. The van der Waals surface area contributed by atoms with Crippen molar-refractivity contribution in [3.8, 4) is 16.9 Å². The number of rotatable bonds is 5. The molecule has 2 heterocycles. The molecule has 0 bridgehead atoms. The predicted octanol–water partition coefficient (Wildman–Crippen LogP) is 2.58. The van der Waals surface area contributed by atoms with Crippen LogP contribution in [0.2, 0.25) is 0 Å².